The third-order valence-corrected chi connectivity index (χ3v) is 3.28. The third-order valence-electron chi connectivity index (χ3n) is 3.28. The van der Waals surface area contributed by atoms with Crippen molar-refractivity contribution >= 4 is 10.9 Å². The van der Waals surface area contributed by atoms with Gasteiger partial charge >= 0.3 is 0 Å². The van der Waals surface area contributed by atoms with Gasteiger partial charge in [-0.15, -0.1) is 0 Å². The van der Waals surface area contributed by atoms with E-state index in [1.807, 2.05) is 0 Å². The van der Waals surface area contributed by atoms with Crippen LogP contribution in [0.15, 0.2) is 24.3 Å². The fourth-order valence-corrected chi connectivity index (χ4v) is 2.25. The number of aromatic nitrogens is 1. The molecule has 0 radical (unpaired) electrons. The first-order valence-electron chi connectivity index (χ1n) is 5.78. The van der Waals surface area contributed by atoms with E-state index in [9.17, 15) is 0 Å². The Labute approximate surface area is 95.3 Å². The van der Waals surface area contributed by atoms with E-state index >= 15 is 0 Å². The molecule has 0 fully saturated rings. The number of fused-ring (bicyclic) bond motifs is 2. The molecule has 0 saturated carbocycles. The van der Waals surface area contributed by atoms with Gasteiger partial charge in [-0.25, -0.2) is 4.98 Å². The molecule has 2 aromatic rings. The summed E-state index contributed by atoms with van der Waals surface area (Å²) < 4.78 is 5.62. The molecule has 2 nitrogen and oxygen atoms in total. The lowest BCUT2D eigenvalue weighted by molar-refractivity contribution is 0.262. The SMILES string of the molecule is Cc1ccc2nc3c(cc2c1)C(C)CCO3. The molecule has 0 bridgehead atoms. The molecule has 1 atom stereocenters. The fourth-order valence-electron chi connectivity index (χ4n) is 2.25. The number of hydrogen-bond acceptors (Lipinski definition) is 2. The van der Waals surface area contributed by atoms with Crippen molar-refractivity contribution in [1.82, 2.24) is 4.98 Å². The molecule has 1 aliphatic heterocycles. The molecular weight excluding hydrogens is 198 g/mol. The molecule has 1 aromatic carbocycles. The van der Waals surface area contributed by atoms with Gasteiger partial charge in [-0.2, -0.15) is 0 Å². The van der Waals surface area contributed by atoms with Crippen LogP contribution in [-0.2, 0) is 0 Å². The van der Waals surface area contributed by atoms with Crippen molar-refractivity contribution in [3.63, 3.8) is 0 Å². The average Bonchev–Trinajstić information content (AvgIpc) is 2.28. The van der Waals surface area contributed by atoms with Crippen molar-refractivity contribution in [1.29, 1.82) is 0 Å². The first-order chi connectivity index (χ1) is 7.74. The van der Waals surface area contributed by atoms with Crippen molar-refractivity contribution in [2.75, 3.05) is 6.61 Å². The molecule has 1 unspecified atom stereocenters. The summed E-state index contributed by atoms with van der Waals surface area (Å²) in [6, 6.07) is 8.57. The second kappa shape index (κ2) is 3.48. The second-order valence-corrected chi connectivity index (χ2v) is 4.62. The monoisotopic (exact) mass is 213 g/mol. The molecule has 2 heteroatoms. The lowest BCUT2D eigenvalue weighted by Gasteiger charge is -2.22. The quantitative estimate of drug-likeness (QED) is 0.669. The third kappa shape index (κ3) is 1.45. The highest BCUT2D eigenvalue weighted by Gasteiger charge is 2.19. The number of rotatable bonds is 0. The molecule has 82 valence electrons. The first-order valence-corrected chi connectivity index (χ1v) is 5.78. The van der Waals surface area contributed by atoms with Crippen LogP contribution in [0.1, 0.15) is 30.4 Å². The van der Waals surface area contributed by atoms with E-state index in [0.29, 0.717) is 5.92 Å². The zero-order valence-corrected chi connectivity index (χ0v) is 9.66. The summed E-state index contributed by atoms with van der Waals surface area (Å²) >= 11 is 0. The summed E-state index contributed by atoms with van der Waals surface area (Å²) in [5.74, 6) is 1.39. The van der Waals surface area contributed by atoms with Crippen LogP contribution in [0.2, 0.25) is 0 Å². The van der Waals surface area contributed by atoms with Crippen LogP contribution < -0.4 is 4.74 Å². The lowest BCUT2D eigenvalue weighted by Crippen LogP contribution is -2.13. The number of ether oxygens (including phenoxy) is 1. The van der Waals surface area contributed by atoms with Gasteiger partial charge in [-0.1, -0.05) is 18.6 Å². The minimum atomic E-state index is 0.557. The van der Waals surface area contributed by atoms with Crippen LogP contribution in [0.3, 0.4) is 0 Å². The van der Waals surface area contributed by atoms with Crippen molar-refractivity contribution in [2.45, 2.75) is 26.2 Å². The highest BCUT2D eigenvalue weighted by atomic mass is 16.5. The Kier molecular flexibility index (Phi) is 2.10. The van der Waals surface area contributed by atoms with Crippen LogP contribution in [0.5, 0.6) is 5.88 Å². The van der Waals surface area contributed by atoms with Gasteiger partial charge in [-0.05, 0) is 37.5 Å². The van der Waals surface area contributed by atoms with E-state index in [4.69, 9.17) is 4.74 Å². The zero-order valence-electron chi connectivity index (χ0n) is 9.66. The maximum Gasteiger partial charge on any atom is 0.217 e. The number of benzene rings is 1. The normalized spacial score (nSPS) is 19.2. The van der Waals surface area contributed by atoms with Gasteiger partial charge in [-0.3, -0.25) is 0 Å². The smallest absolute Gasteiger partial charge is 0.217 e. The molecule has 3 rings (SSSR count). The number of aryl methyl sites for hydroxylation is 1. The van der Waals surface area contributed by atoms with E-state index in [1.54, 1.807) is 0 Å². The predicted octanol–water partition coefficient (Wildman–Crippen LogP) is 3.43. The lowest BCUT2D eigenvalue weighted by atomic mass is 9.96. The van der Waals surface area contributed by atoms with E-state index in [2.05, 4.69) is 43.1 Å². The number of nitrogens with zero attached hydrogens (tertiary/aromatic N) is 1. The molecule has 0 aliphatic carbocycles. The Morgan fingerprint density at radius 2 is 2.19 bits per heavy atom. The van der Waals surface area contributed by atoms with E-state index < -0.39 is 0 Å². The highest BCUT2D eigenvalue weighted by Crippen LogP contribution is 2.34. The van der Waals surface area contributed by atoms with Crippen LogP contribution in [0.25, 0.3) is 10.9 Å². The van der Waals surface area contributed by atoms with E-state index in [0.717, 1.165) is 24.4 Å². The Bertz CT molecular complexity index is 548. The van der Waals surface area contributed by atoms with Crippen LogP contribution in [0.4, 0.5) is 0 Å². The van der Waals surface area contributed by atoms with Crippen molar-refractivity contribution in [2.24, 2.45) is 0 Å². The van der Waals surface area contributed by atoms with Crippen LogP contribution >= 0.6 is 0 Å². The number of hydrogen-bond donors (Lipinski definition) is 0. The van der Waals surface area contributed by atoms with Gasteiger partial charge in [0.15, 0.2) is 0 Å². The minimum absolute atomic E-state index is 0.557. The molecule has 2 heterocycles. The van der Waals surface area contributed by atoms with Gasteiger partial charge < -0.3 is 4.74 Å². The Hall–Kier alpha value is -1.57. The van der Waals surface area contributed by atoms with E-state index in [-0.39, 0.29) is 0 Å². The predicted molar refractivity (Wildman–Crippen MR) is 65.0 cm³/mol. The van der Waals surface area contributed by atoms with Gasteiger partial charge in [0.2, 0.25) is 5.88 Å². The Balaban J connectivity index is 2.26. The standard InChI is InChI=1S/C14H15NO/c1-9-3-4-13-11(7-9)8-12-10(2)5-6-16-14(12)15-13/h3-4,7-8,10H,5-6H2,1-2H3. The summed E-state index contributed by atoms with van der Waals surface area (Å²) in [7, 11) is 0. The van der Waals surface area contributed by atoms with Crippen LogP contribution in [0, 0.1) is 6.92 Å². The maximum absolute atomic E-state index is 5.62. The van der Waals surface area contributed by atoms with Gasteiger partial charge in [0, 0.05) is 10.9 Å². The molecular formula is C14H15NO. The molecule has 1 aliphatic rings. The molecule has 0 N–H and O–H groups in total. The van der Waals surface area contributed by atoms with Crippen LogP contribution in [-0.4, -0.2) is 11.6 Å². The van der Waals surface area contributed by atoms with Gasteiger partial charge in [0.25, 0.3) is 0 Å². The van der Waals surface area contributed by atoms with Gasteiger partial charge in [0.1, 0.15) is 0 Å². The molecule has 16 heavy (non-hydrogen) atoms. The highest BCUT2D eigenvalue weighted by molar-refractivity contribution is 5.81. The summed E-state index contributed by atoms with van der Waals surface area (Å²) in [6.07, 6.45) is 1.09. The fraction of sp³-hybridized carbons (Fsp3) is 0.357. The largest absolute Gasteiger partial charge is 0.477 e. The summed E-state index contributed by atoms with van der Waals surface area (Å²) in [6.45, 7) is 5.14. The van der Waals surface area contributed by atoms with Gasteiger partial charge in [0.05, 0.1) is 12.1 Å². The van der Waals surface area contributed by atoms with E-state index in [1.165, 1.54) is 16.5 Å². The minimum Gasteiger partial charge on any atom is -0.477 e. The average molecular weight is 213 g/mol. The number of pyridine rings is 1. The van der Waals surface area contributed by atoms with Crippen molar-refractivity contribution < 1.29 is 4.74 Å². The Morgan fingerprint density at radius 3 is 3.06 bits per heavy atom. The van der Waals surface area contributed by atoms with Crippen molar-refractivity contribution in [3.05, 3.63) is 35.4 Å². The van der Waals surface area contributed by atoms with Crippen molar-refractivity contribution in [3.8, 4) is 5.88 Å². The molecule has 0 saturated heterocycles. The maximum atomic E-state index is 5.62. The topological polar surface area (TPSA) is 22.1 Å². The second-order valence-electron chi connectivity index (χ2n) is 4.62. The summed E-state index contributed by atoms with van der Waals surface area (Å²) in [4.78, 5) is 4.59. The zero-order chi connectivity index (χ0) is 11.1. The summed E-state index contributed by atoms with van der Waals surface area (Å²) in [5, 5.41) is 1.22. The first kappa shape index (κ1) is 9.64. The molecule has 0 spiro atoms. The molecule has 1 aromatic heterocycles. The summed E-state index contributed by atoms with van der Waals surface area (Å²) in [5.41, 5.74) is 3.56. The molecule has 0 amide bonds. The Morgan fingerprint density at radius 1 is 1.31 bits per heavy atom.